The molecule has 1 aromatic rings. The Labute approximate surface area is 116 Å². The Bertz CT molecular complexity index is 292. The molecular formula is C11H12BrFMgO. The molecule has 0 spiro atoms. The van der Waals surface area contributed by atoms with Crippen molar-refractivity contribution in [3.05, 3.63) is 35.6 Å². The summed E-state index contributed by atoms with van der Waals surface area (Å²) in [5.41, 5.74) is 0.624. The molecule has 0 atom stereocenters. The molecule has 1 aromatic carbocycles. The number of halogens is 2. The molecule has 0 aliphatic heterocycles. The van der Waals surface area contributed by atoms with Crippen LogP contribution in [0.1, 0.15) is 18.4 Å². The molecule has 1 saturated carbocycles. The largest absolute Gasteiger partial charge is 2.00 e. The van der Waals surface area contributed by atoms with Gasteiger partial charge in [-0.3, -0.25) is 4.39 Å². The third-order valence-corrected chi connectivity index (χ3v) is 2.21. The van der Waals surface area contributed by atoms with E-state index in [2.05, 4.69) is 6.07 Å². The van der Waals surface area contributed by atoms with E-state index in [-0.39, 0.29) is 45.9 Å². The predicted octanol–water partition coefficient (Wildman–Crippen LogP) is -0.824. The molecule has 0 heterocycles. The molecule has 0 N–H and O–H groups in total. The van der Waals surface area contributed by atoms with Crippen LogP contribution in [0.25, 0.3) is 0 Å². The molecule has 0 unspecified atom stereocenters. The summed E-state index contributed by atoms with van der Waals surface area (Å²) in [6.45, 7) is 1.16. The fraction of sp³-hybridized carbons (Fsp3) is 0.455. The van der Waals surface area contributed by atoms with Gasteiger partial charge in [-0.05, 0) is 18.8 Å². The molecule has 0 aromatic heterocycles. The van der Waals surface area contributed by atoms with Crippen LogP contribution in [0.5, 0.6) is 0 Å². The summed E-state index contributed by atoms with van der Waals surface area (Å²) in [7, 11) is 0. The topological polar surface area (TPSA) is 9.23 Å². The van der Waals surface area contributed by atoms with Gasteiger partial charge in [-0.2, -0.15) is 18.2 Å². The number of hydrogen-bond acceptors (Lipinski definition) is 1. The average molecular weight is 283 g/mol. The van der Waals surface area contributed by atoms with Gasteiger partial charge < -0.3 is 21.7 Å². The van der Waals surface area contributed by atoms with Crippen LogP contribution in [0, 0.1) is 17.8 Å². The summed E-state index contributed by atoms with van der Waals surface area (Å²) in [5, 5.41) is 0. The first-order chi connectivity index (χ1) is 6.36. The van der Waals surface area contributed by atoms with E-state index < -0.39 is 0 Å². The summed E-state index contributed by atoms with van der Waals surface area (Å²) in [6, 6.07) is 7.44. The maximum Gasteiger partial charge on any atom is 2.00 e. The van der Waals surface area contributed by atoms with Crippen LogP contribution < -0.4 is 17.0 Å². The first-order valence-corrected chi connectivity index (χ1v) is 4.58. The van der Waals surface area contributed by atoms with Gasteiger partial charge in [-0.1, -0.05) is 5.56 Å². The van der Waals surface area contributed by atoms with Crippen molar-refractivity contribution in [3.8, 4) is 0 Å². The van der Waals surface area contributed by atoms with E-state index >= 15 is 0 Å². The molecule has 0 radical (unpaired) electrons. The minimum absolute atomic E-state index is 0. The van der Waals surface area contributed by atoms with Gasteiger partial charge in [-0.25, -0.2) is 0 Å². The van der Waals surface area contributed by atoms with E-state index in [1.807, 2.05) is 0 Å². The Balaban J connectivity index is 0.000000980. The summed E-state index contributed by atoms with van der Waals surface area (Å²) in [6.07, 6.45) is 2.54. The van der Waals surface area contributed by atoms with Gasteiger partial charge in [-0.15, -0.1) is 6.07 Å². The van der Waals surface area contributed by atoms with E-state index in [9.17, 15) is 4.39 Å². The molecule has 1 nitrogen and oxygen atoms in total. The van der Waals surface area contributed by atoms with E-state index in [4.69, 9.17) is 4.74 Å². The van der Waals surface area contributed by atoms with Crippen LogP contribution in [0.15, 0.2) is 18.2 Å². The molecule has 4 heteroatoms. The number of benzene rings is 1. The van der Waals surface area contributed by atoms with Gasteiger partial charge in [0.2, 0.25) is 0 Å². The zero-order valence-electron chi connectivity index (χ0n) is 8.51. The molecule has 1 fully saturated rings. The molecule has 0 amide bonds. The van der Waals surface area contributed by atoms with Crippen molar-refractivity contribution >= 4 is 23.1 Å². The van der Waals surface area contributed by atoms with Gasteiger partial charge in [0.25, 0.3) is 0 Å². The first-order valence-electron chi connectivity index (χ1n) is 4.58. The SMILES string of the molecule is Fc1c[c-]ccc1COCC1CC1.[Br-].[Mg+2]. The number of ether oxygens (including phenoxy) is 1. The summed E-state index contributed by atoms with van der Waals surface area (Å²) in [5.74, 6) is 0.511. The Kier molecular flexibility index (Phi) is 7.78. The second-order valence-corrected chi connectivity index (χ2v) is 3.48. The Morgan fingerprint density at radius 3 is 2.80 bits per heavy atom. The Morgan fingerprint density at radius 2 is 2.20 bits per heavy atom. The smallest absolute Gasteiger partial charge is 1.00 e. The Hall–Kier alpha value is 0.356. The minimum Gasteiger partial charge on any atom is -1.00 e. The molecule has 78 valence electrons. The van der Waals surface area contributed by atoms with Gasteiger partial charge in [0.1, 0.15) is 0 Å². The second kappa shape index (κ2) is 7.60. The second-order valence-electron chi connectivity index (χ2n) is 3.48. The minimum atomic E-state index is -0.224. The molecule has 2 rings (SSSR count). The van der Waals surface area contributed by atoms with E-state index in [0.29, 0.717) is 12.2 Å². The third-order valence-electron chi connectivity index (χ3n) is 2.21. The normalized spacial score (nSPS) is 13.9. The van der Waals surface area contributed by atoms with Gasteiger partial charge in [0.15, 0.2) is 0 Å². The molecule has 0 saturated heterocycles. The number of hydrogen-bond donors (Lipinski definition) is 0. The van der Waals surface area contributed by atoms with Crippen LogP contribution in [-0.2, 0) is 11.3 Å². The van der Waals surface area contributed by atoms with Crippen LogP contribution in [-0.4, -0.2) is 29.7 Å². The fourth-order valence-corrected chi connectivity index (χ4v) is 1.18. The van der Waals surface area contributed by atoms with Crippen molar-refractivity contribution in [2.24, 2.45) is 5.92 Å². The standard InChI is InChI=1S/C11H12FO.BrH.Mg/c12-11-4-2-1-3-10(11)8-13-7-9-5-6-9;;/h1,3-4,9H,5-8H2;1H;/q-1;;+2/p-1. The summed E-state index contributed by atoms with van der Waals surface area (Å²) in [4.78, 5) is 0. The van der Waals surface area contributed by atoms with E-state index in [1.54, 1.807) is 12.1 Å². The predicted molar refractivity (Wildman–Crippen MR) is 53.4 cm³/mol. The quantitative estimate of drug-likeness (QED) is 0.518. The van der Waals surface area contributed by atoms with Crippen molar-refractivity contribution < 1.29 is 26.1 Å². The molecule has 0 bridgehead atoms. The summed E-state index contributed by atoms with van der Waals surface area (Å²) >= 11 is 0. The maximum absolute atomic E-state index is 13.0. The molecule has 1 aliphatic rings. The number of rotatable bonds is 4. The van der Waals surface area contributed by atoms with Crippen molar-refractivity contribution in [1.29, 1.82) is 0 Å². The fourth-order valence-electron chi connectivity index (χ4n) is 1.18. The van der Waals surface area contributed by atoms with Crippen molar-refractivity contribution in [3.63, 3.8) is 0 Å². The van der Waals surface area contributed by atoms with Gasteiger partial charge >= 0.3 is 23.1 Å². The summed E-state index contributed by atoms with van der Waals surface area (Å²) < 4.78 is 18.4. The van der Waals surface area contributed by atoms with E-state index in [1.165, 1.54) is 18.9 Å². The Morgan fingerprint density at radius 1 is 1.47 bits per heavy atom. The average Bonchev–Trinajstić information content (AvgIpc) is 2.92. The van der Waals surface area contributed by atoms with Crippen molar-refractivity contribution in [1.82, 2.24) is 0 Å². The molecule has 15 heavy (non-hydrogen) atoms. The van der Waals surface area contributed by atoms with Crippen molar-refractivity contribution in [2.45, 2.75) is 19.4 Å². The molecular weight excluding hydrogens is 271 g/mol. The van der Waals surface area contributed by atoms with Crippen LogP contribution in [0.3, 0.4) is 0 Å². The molecule has 1 aliphatic carbocycles. The van der Waals surface area contributed by atoms with Crippen LogP contribution in [0.4, 0.5) is 4.39 Å². The van der Waals surface area contributed by atoms with Crippen LogP contribution >= 0.6 is 0 Å². The van der Waals surface area contributed by atoms with Gasteiger partial charge in [0.05, 0.1) is 6.61 Å². The maximum atomic E-state index is 13.0. The first kappa shape index (κ1) is 15.4. The third kappa shape index (κ3) is 5.29. The monoisotopic (exact) mass is 282 g/mol. The van der Waals surface area contributed by atoms with Crippen LogP contribution in [0.2, 0.25) is 0 Å². The van der Waals surface area contributed by atoms with Crippen molar-refractivity contribution in [2.75, 3.05) is 6.61 Å². The van der Waals surface area contributed by atoms with Gasteiger partial charge in [0, 0.05) is 12.4 Å². The van der Waals surface area contributed by atoms with E-state index in [0.717, 1.165) is 12.5 Å². The zero-order chi connectivity index (χ0) is 9.10. The zero-order valence-corrected chi connectivity index (χ0v) is 11.5.